The molecule has 0 aliphatic rings. The van der Waals surface area contributed by atoms with Gasteiger partial charge in [-0.3, -0.25) is 4.79 Å². The first-order valence-corrected chi connectivity index (χ1v) is 6.82. The summed E-state index contributed by atoms with van der Waals surface area (Å²) < 4.78 is 0. The molecule has 0 radical (unpaired) electrons. The molecule has 1 amide bonds. The van der Waals surface area contributed by atoms with Crippen LogP contribution >= 0.6 is 0 Å². The first-order chi connectivity index (χ1) is 10.3. The molecule has 3 N–H and O–H groups in total. The molecule has 1 unspecified atom stereocenters. The second-order valence-electron chi connectivity index (χ2n) is 4.87. The average Bonchev–Trinajstić information content (AvgIpc) is 3.01. The van der Waals surface area contributed by atoms with Gasteiger partial charge in [0.15, 0.2) is 0 Å². The molecule has 0 spiro atoms. The fourth-order valence-corrected chi connectivity index (χ4v) is 2.43. The van der Waals surface area contributed by atoms with Gasteiger partial charge in [-0.25, -0.2) is 0 Å². The number of amides is 1. The van der Waals surface area contributed by atoms with Crippen LogP contribution in [0.15, 0.2) is 60.8 Å². The van der Waals surface area contributed by atoms with Crippen LogP contribution in [0.2, 0.25) is 0 Å². The third-order valence-corrected chi connectivity index (χ3v) is 3.52. The Morgan fingerprint density at radius 2 is 1.90 bits per heavy atom. The third-order valence-electron chi connectivity index (χ3n) is 3.52. The number of hydrogen-bond donors (Lipinski definition) is 3. The average molecular weight is 280 g/mol. The maximum atomic E-state index is 12.5. The van der Waals surface area contributed by atoms with E-state index in [0.29, 0.717) is 5.56 Å². The first-order valence-electron chi connectivity index (χ1n) is 6.82. The highest BCUT2D eigenvalue weighted by molar-refractivity contribution is 6.05. The quantitative estimate of drug-likeness (QED) is 0.688. The summed E-state index contributed by atoms with van der Waals surface area (Å²) in [6, 6.07) is 16.5. The minimum Gasteiger partial charge on any atom is -0.394 e. The molecular formula is C17H16N2O2. The Kier molecular flexibility index (Phi) is 3.71. The monoisotopic (exact) mass is 280 g/mol. The van der Waals surface area contributed by atoms with Crippen LogP contribution < -0.4 is 5.32 Å². The van der Waals surface area contributed by atoms with Crippen LogP contribution in [0, 0.1) is 0 Å². The van der Waals surface area contributed by atoms with Crippen molar-refractivity contribution in [2.45, 2.75) is 6.04 Å². The van der Waals surface area contributed by atoms with Gasteiger partial charge in [0.2, 0.25) is 0 Å². The predicted molar refractivity (Wildman–Crippen MR) is 82.0 cm³/mol. The van der Waals surface area contributed by atoms with Crippen molar-refractivity contribution in [1.82, 2.24) is 10.3 Å². The third kappa shape index (κ3) is 2.66. The van der Waals surface area contributed by atoms with E-state index >= 15 is 0 Å². The molecule has 3 aromatic rings. The Hall–Kier alpha value is -2.59. The number of carbonyl (C=O) groups is 1. The SMILES string of the molecule is O=C(NC(CO)c1ccccc1)c1cccc2cc[nH]c12. The second kappa shape index (κ2) is 5.81. The lowest BCUT2D eigenvalue weighted by Crippen LogP contribution is -2.30. The van der Waals surface area contributed by atoms with Crippen molar-refractivity contribution in [3.05, 3.63) is 71.9 Å². The number of rotatable bonds is 4. The summed E-state index contributed by atoms with van der Waals surface area (Å²) in [5, 5.41) is 13.4. The van der Waals surface area contributed by atoms with E-state index in [1.54, 1.807) is 6.07 Å². The highest BCUT2D eigenvalue weighted by atomic mass is 16.3. The Labute approximate surface area is 122 Å². The number of aliphatic hydroxyl groups excluding tert-OH is 1. The number of para-hydroxylation sites is 1. The number of fused-ring (bicyclic) bond motifs is 1. The fraction of sp³-hybridized carbons (Fsp3) is 0.118. The van der Waals surface area contributed by atoms with Crippen molar-refractivity contribution in [3.8, 4) is 0 Å². The number of aliphatic hydroxyl groups is 1. The van der Waals surface area contributed by atoms with Gasteiger partial charge in [-0.1, -0.05) is 42.5 Å². The summed E-state index contributed by atoms with van der Waals surface area (Å²) in [5.41, 5.74) is 2.26. The van der Waals surface area contributed by atoms with Gasteiger partial charge in [0, 0.05) is 11.6 Å². The highest BCUT2D eigenvalue weighted by Crippen LogP contribution is 2.18. The smallest absolute Gasteiger partial charge is 0.253 e. The van der Waals surface area contributed by atoms with Gasteiger partial charge >= 0.3 is 0 Å². The molecular weight excluding hydrogens is 264 g/mol. The van der Waals surface area contributed by atoms with Gasteiger partial charge in [0.1, 0.15) is 0 Å². The first kappa shape index (κ1) is 13.4. The van der Waals surface area contributed by atoms with Crippen LogP contribution in [0.1, 0.15) is 22.0 Å². The van der Waals surface area contributed by atoms with Gasteiger partial charge in [-0.05, 0) is 17.7 Å². The van der Waals surface area contributed by atoms with E-state index in [4.69, 9.17) is 0 Å². The van der Waals surface area contributed by atoms with Gasteiger partial charge in [-0.15, -0.1) is 0 Å². The molecule has 0 aliphatic carbocycles. The van der Waals surface area contributed by atoms with Crippen LogP contribution in [0.4, 0.5) is 0 Å². The van der Waals surface area contributed by atoms with E-state index in [1.807, 2.05) is 54.7 Å². The van der Waals surface area contributed by atoms with Crippen molar-refractivity contribution in [2.24, 2.45) is 0 Å². The summed E-state index contributed by atoms with van der Waals surface area (Å²) >= 11 is 0. The zero-order chi connectivity index (χ0) is 14.7. The van der Waals surface area contributed by atoms with Crippen molar-refractivity contribution in [2.75, 3.05) is 6.61 Å². The Bertz CT molecular complexity index is 750. The molecule has 0 fully saturated rings. The lowest BCUT2D eigenvalue weighted by atomic mass is 10.1. The van der Waals surface area contributed by atoms with Crippen LogP contribution in [0.3, 0.4) is 0 Å². The second-order valence-corrected chi connectivity index (χ2v) is 4.87. The standard InChI is InChI=1S/C17H16N2O2/c20-11-15(12-5-2-1-3-6-12)19-17(21)14-8-4-7-13-9-10-18-16(13)14/h1-10,15,18,20H,11H2,(H,19,21). The molecule has 1 heterocycles. The summed E-state index contributed by atoms with van der Waals surface area (Å²) in [6.07, 6.45) is 1.81. The van der Waals surface area contributed by atoms with Crippen LogP contribution in [-0.4, -0.2) is 22.6 Å². The molecule has 1 atom stereocenters. The van der Waals surface area contributed by atoms with Gasteiger partial charge < -0.3 is 15.4 Å². The molecule has 3 rings (SSSR count). The van der Waals surface area contributed by atoms with E-state index in [-0.39, 0.29) is 12.5 Å². The number of carbonyl (C=O) groups excluding carboxylic acids is 1. The zero-order valence-corrected chi connectivity index (χ0v) is 11.4. The molecule has 0 saturated carbocycles. The maximum absolute atomic E-state index is 12.5. The molecule has 0 aliphatic heterocycles. The summed E-state index contributed by atoms with van der Waals surface area (Å²) in [6.45, 7) is -0.142. The predicted octanol–water partition coefficient (Wildman–Crippen LogP) is 2.63. The largest absolute Gasteiger partial charge is 0.394 e. The summed E-state index contributed by atoms with van der Waals surface area (Å²) in [7, 11) is 0. The lowest BCUT2D eigenvalue weighted by molar-refractivity contribution is 0.0917. The Morgan fingerprint density at radius 3 is 2.67 bits per heavy atom. The lowest BCUT2D eigenvalue weighted by Gasteiger charge is -2.17. The normalized spacial score (nSPS) is 12.2. The van der Waals surface area contributed by atoms with E-state index in [1.165, 1.54) is 0 Å². The van der Waals surface area contributed by atoms with Gasteiger partial charge in [0.25, 0.3) is 5.91 Å². The number of aromatic amines is 1. The Morgan fingerprint density at radius 1 is 1.10 bits per heavy atom. The molecule has 4 nitrogen and oxygen atoms in total. The number of aromatic nitrogens is 1. The van der Waals surface area contributed by atoms with Crippen molar-refractivity contribution in [3.63, 3.8) is 0 Å². The minimum absolute atomic E-state index is 0.142. The van der Waals surface area contributed by atoms with Gasteiger partial charge in [-0.2, -0.15) is 0 Å². The fourth-order valence-electron chi connectivity index (χ4n) is 2.43. The van der Waals surface area contributed by atoms with Crippen molar-refractivity contribution in [1.29, 1.82) is 0 Å². The van der Waals surface area contributed by atoms with E-state index in [0.717, 1.165) is 16.5 Å². The topological polar surface area (TPSA) is 65.1 Å². The number of hydrogen-bond acceptors (Lipinski definition) is 2. The molecule has 0 bridgehead atoms. The van der Waals surface area contributed by atoms with Crippen molar-refractivity contribution >= 4 is 16.8 Å². The van der Waals surface area contributed by atoms with Crippen LogP contribution in [0.25, 0.3) is 10.9 Å². The van der Waals surface area contributed by atoms with E-state index < -0.39 is 6.04 Å². The number of nitrogens with one attached hydrogen (secondary N) is 2. The van der Waals surface area contributed by atoms with E-state index in [2.05, 4.69) is 10.3 Å². The number of benzene rings is 2. The van der Waals surface area contributed by atoms with E-state index in [9.17, 15) is 9.90 Å². The Balaban J connectivity index is 1.87. The summed E-state index contributed by atoms with van der Waals surface area (Å²) in [5.74, 6) is -0.203. The molecule has 4 heteroatoms. The zero-order valence-electron chi connectivity index (χ0n) is 11.4. The van der Waals surface area contributed by atoms with Crippen LogP contribution in [0.5, 0.6) is 0 Å². The maximum Gasteiger partial charge on any atom is 0.253 e. The number of H-pyrrole nitrogens is 1. The molecule has 106 valence electrons. The highest BCUT2D eigenvalue weighted by Gasteiger charge is 2.16. The van der Waals surface area contributed by atoms with Gasteiger partial charge in [0.05, 0.1) is 23.7 Å². The molecule has 0 saturated heterocycles. The van der Waals surface area contributed by atoms with Crippen molar-refractivity contribution < 1.29 is 9.90 Å². The molecule has 21 heavy (non-hydrogen) atoms. The molecule has 2 aromatic carbocycles. The summed E-state index contributed by atoms with van der Waals surface area (Å²) in [4.78, 5) is 15.5. The molecule has 1 aromatic heterocycles. The van der Waals surface area contributed by atoms with Crippen LogP contribution in [-0.2, 0) is 0 Å². The minimum atomic E-state index is -0.413.